The second kappa shape index (κ2) is 4.17. The highest BCUT2D eigenvalue weighted by atomic mass is 14.8. The molecule has 4 aromatic rings. The van der Waals surface area contributed by atoms with Gasteiger partial charge in [-0.1, -0.05) is 18.2 Å². The van der Waals surface area contributed by atoms with Crippen molar-refractivity contribution >= 4 is 21.8 Å². The molecule has 1 N–H and O–H groups in total. The minimum Gasteiger partial charge on any atom is -0.346 e. The van der Waals surface area contributed by atoms with E-state index in [-0.39, 0.29) is 0 Å². The third-order valence-corrected chi connectivity index (χ3v) is 3.65. The van der Waals surface area contributed by atoms with Gasteiger partial charge in [-0.3, -0.25) is 4.98 Å². The molecule has 4 rings (SSSR count). The Labute approximate surface area is 116 Å². The van der Waals surface area contributed by atoms with Crippen LogP contribution in [-0.4, -0.2) is 15.0 Å². The monoisotopic (exact) mass is 259 g/mol. The van der Waals surface area contributed by atoms with Gasteiger partial charge in [0.25, 0.3) is 0 Å². The Morgan fingerprint density at radius 1 is 0.950 bits per heavy atom. The van der Waals surface area contributed by atoms with E-state index < -0.39 is 0 Å². The molecule has 0 aliphatic rings. The first kappa shape index (κ1) is 11.2. The van der Waals surface area contributed by atoms with Crippen LogP contribution in [0.1, 0.15) is 5.69 Å². The van der Waals surface area contributed by atoms with Gasteiger partial charge in [0.05, 0.1) is 0 Å². The smallest absolute Gasteiger partial charge is 0.138 e. The lowest BCUT2D eigenvalue weighted by molar-refractivity contribution is 1.22. The number of aryl methyl sites for hydroxylation is 1. The first-order valence-electron chi connectivity index (χ1n) is 6.61. The first-order chi connectivity index (χ1) is 9.83. The van der Waals surface area contributed by atoms with Crippen molar-refractivity contribution in [2.45, 2.75) is 6.92 Å². The summed E-state index contributed by atoms with van der Waals surface area (Å²) in [6.45, 7) is 2.00. The van der Waals surface area contributed by atoms with Gasteiger partial charge >= 0.3 is 0 Å². The molecule has 3 aromatic heterocycles. The predicted octanol–water partition coefficient (Wildman–Crippen LogP) is 4.09. The molecular weight excluding hydrogens is 246 g/mol. The zero-order chi connectivity index (χ0) is 13.5. The van der Waals surface area contributed by atoms with Gasteiger partial charge < -0.3 is 4.98 Å². The van der Waals surface area contributed by atoms with Crippen molar-refractivity contribution in [3.63, 3.8) is 0 Å². The van der Waals surface area contributed by atoms with Crippen LogP contribution in [-0.2, 0) is 0 Å². The highest BCUT2D eigenvalue weighted by Crippen LogP contribution is 2.32. The fraction of sp³-hybridized carbons (Fsp3) is 0.0588. The largest absolute Gasteiger partial charge is 0.346 e. The van der Waals surface area contributed by atoms with E-state index in [1.807, 2.05) is 31.6 Å². The molecule has 0 saturated carbocycles. The van der Waals surface area contributed by atoms with E-state index in [0.29, 0.717) is 0 Å². The minimum absolute atomic E-state index is 0.936. The van der Waals surface area contributed by atoms with E-state index in [1.54, 1.807) is 0 Å². The lowest BCUT2D eigenvalue weighted by atomic mass is 10.00. The first-order valence-corrected chi connectivity index (χ1v) is 6.61. The van der Waals surface area contributed by atoms with Crippen molar-refractivity contribution in [2.75, 3.05) is 0 Å². The lowest BCUT2D eigenvalue weighted by Gasteiger charge is -2.05. The van der Waals surface area contributed by atoms with Gasteiger partial charge in [0, 0.05) is 40.6 Å². The molecule has 20 heavy (non-hydrogen) atoms. The molecule has 0 bridgehead atoms. The molecule has 3 heteroatoms. The van der Waals surface area contributed by atoms with E-state index in [4.69, 9.17) is 0 Å². The second-order valence-corrected chi connectivity index (χ2v) is 4.95. The number of rotatable bonds is 1. The third-order valence-electron chi connectivity index (χ3n) is 3.65. The molecule has 0 amide bonds. The Morgan fingerprint density at radius 3 is 2.85 bits per heavy atom. The zero-order valence-corrected chi connectivity index (χ0v) is 11.1. The van der Waals surface area contributed by atoms with E-state index in [9.17, 15) is 0 Å². The molecule has 0 unspecified atom stereocenters. The van der Waals surface area contributed by atoms with Crippen molar-refractivity contribution in [1.82, 2.24) is 15.0 Å². The normalized spacial score (nSPS) is 11.2. The summed E-state index contributed by atoms with van der Waals surface area (Å²) in [4.78, 5) is 12.0. The number of H-pyrrole nitrogens is 1. The second-order valence-electron chi connectivity index (χ2n) is 4.95. The fourth-order valence-corrected chi connectivity index (χ4v) is 2.68. The van der Waals surface area contributed by atoms with Crippen molar-refractivity contribution in [2.24, 2.45) is 0 Å². The van der Waals surface area contributed by atoms with E-state index in [2.05, 4.69) is 45.3 Å². The Morgan fingerprint density at radius 2 is 1.90 bits per heavy atom. The van der Waals surface area contributed by atoms with Crippen LogP contribution in [0.15, 0.2) is 55.0 Å². The van der Waals surface area contributed by atoms with Crippen LogP contribution in [0.2, 0.25) is 0 Å². The number of aromatic amines is 1. The number of aromatic nitrogens is 3. The Bertz CT molecular complexity index is 916. The number of nitrogens with zero attached hydrogens (tertiary/aromatic N) is 2. The summed E-state index contributed by atoms with van der Waals surface area (Å²) in [5, 5.41) is 3.52. The van der Waals surface area contributed by atoms with Crippen LogP contribution >= 0.6 is 0 Å². The zero-order valence-electron chi connectivity index (χ0n) is 11.1. The molecule has 0 saturated heterocycles. The Balaban J connectivity index is 2.06. The molecule has 3 nitrogen and oxygen atoms in total. The van der Waals surface area contributed by atoms with Crippen LogP contribution in [0.5, 0.6) is 0 Å². The number of pyridine rings is 2. The summed E-state index contributed by atoms with van der Waals surface area (Å²) < 4.78 is 0. The fourth-order valence-electron chi connectivity index (χ4n) is 2.68. The molecule has 0 radical (unpaired) electrons. The number of hydrogen-bond donors (Lipinski definition) is 1. The summed E-state index contributed by atoms with van der Waals surface area (Å²) in [5.41, 5.74) is 4.35. The highest BCUT2D eigenvalue weighted by Gasteiger charge is 2.09. The number of fused-ring (bicyclic) bond motifs is 2. The molecule has 1 aromatic carbocycles. The summed E-state index contributed by atoms with van der Waals surface area (Å²) in [7, 11) is 0. The van der Waals surface area contributed by atoms with Crippen molar-refractivity contribution in [1.29, 1.82) is 0 Å². The topological polar surface area (TPSA) is 41.6 Å². The average molecular weight is 259 g/mol. The Kier molecular flexibility index (Phi) is 2.33. The Hall–Kier alpha value is -2.68. The summed E-state index contributed by atoms with van der Waals surface area (Å²) in [5.74, 6) is 0. The van der Waals surface area contributed by atoms with Crippen LogP contribution in [0, 0.1) is 6.92 Å². The van der Waals surface area contributed by atoms with E-state index in [1.165, 1.54) is 16.5 Å². The molecule has 96 valence electrons. The maximum atomic E-state index is 4.53. The maximum absolute atomic E-state index is 4.53. The third kappa shape index (κ3) is 1.60. The molecular formula is C17H13N3. The van der Waals surface area contributed by atoms with Gasteiger partial charge in [-0.15, -0.1) is 0 Å². The van der Waals surface area contributed by atoms with Gasteiger partial charge in [0.2, 0.25) is 0 Å². The van der Waals surface area contributed by atoms with Crippen molar-refractivity contribution in [3.8, 4) is 11.1 Å². The van der Waals surface area contributed by atoms with Gasteiger partial charge in [-0.2, -0.15) is 0 Å². The predicted molar refractivity (Wildman–Crippen MR) is 81.6 cm³/mol. The summed E-state index contributed by atoms with van der Waals surface area (Å²) >= 11 is 0. The van der Waals surface area contributed by atoms with Crippen LogP contribution in [0.4, 0.5) is 0 Å². The van der Waals surface area contributed by atoms with Crippen LogP contribution in [0.3, 0.4) is 0 Å². The van der Waals surface area contributed by atoms with Gasteiger partial charge in [0.15, 0.2) is 0 Å². The summed E-state index contributed by atoms with van der Waals surface area (Å²) in [6, 6.07) is 12.5. The molecule has 0 aliphatic heterocycles. The standard InChI is InChI=1S/C17H13N3/c1-11-5-6-15-16(10-19-17(15)20-11)14-4-2-3-12-9-18-8-7-13(12)14/h2-10H,1H3,(H,19,20). The molecule has 0 aliphatic carbocycles. The van der Waals surface area contributed by atoms with Gasteiger partial charge in [0.1, 0.15) is 5.65 Å². The van der Waals surface area contributed by atoms with Crippen molar-refractivity contribution in [3.05, 3.63) is 60.7 Å². The van der Waals surface area contributed by atoms with E-state index in [0.717, 1.165) is 22.1 Å². The molecule has 3 heterocycles. The van der Waals surface area contributed by atoms with Crippen LogP contribution < -0.4 is 0 Å². The maximum Gasteiger partial charge on any atom is 0.138 e. The van der Waals surface area contributed by atoms with E-state index >= 15 is 0 Å². The molecule has 0 atom stereocenters. The lowest BCUT2D eigenvalue weighted by Crippen LogP contribution is -1.83. The average Bonchev–Trinajstić information content (AvgIpc) is 2.89. The van der Waals surface area contributed by atoms with Gasteiger partial charge in [-0.05, 0) is 36.1 Å². The van der Waals surface area contributed by atoms with Gasteiger partial charge in [-0.25, -0.2) is 4.98 Å². The minimum atomic E-state index is 0.936. The summed E-state index contributed by atoms with van der Waals surface area (Å²) in [6.07, 6.45) is 5.77. The number of hydrogen-bond acceptors (Lipinski definition) is 2. The van der Waals surface area contributed by atoms with Crippen molar-refractivity contribution < 1.29 is 0 Å². The quantitative estimate of drug-likeness (QED) is 0.559. The molecule has 0 spiro atoms. The number of benzene rings is 1. The molecule has 0 fully saturated rings. The number of nitrogens with one attached hydrogen (secondary N) is 1. The highest BCUT2D eigenvalue weighted by molar-refractivity contribution is 6.03. The SMILES string of the molecule is Cc1ccc2c(-c3cccc4cnccc34)c[nH]c2n1. The van der Waals surface area contributed by atoms with Crippen LogP contribution in [0.25, 0.3) is 32.9 Å².